The maximum atomic E-state index is 12.8. The summed E-state index contributed by atoms with van der Waals surface area (Å²) >= 11 is 1.73. The maximum absolute atomic E-state index is 12.8. The van der Waals surface area contributed by atoms with E-state index < -0.39 is 0 Å². The van der Waals surface area contributed by atoms with E-state index in [-0.39, 0.29) is 6.03 Å². The van der Waals surface area contributed by atoms with Crippen molar-refractivity contribution < 1.29 is 4.79 Å². The fraction of sp³-hybridized carbons (Fsp3) is 0.333. The second kappa shape index (κ2) is 9.24. The lowest BCUT2D eigenvalue weighted by atomic mass is 10.1. The lowest BCUT2D eigenvalue weighted by Crippen LogP contribution is -2.49. The number of nitrogens with one attached hydrogen (secondary N) is 1. The Hall–Kier alpha value is -3.16. The van der Waals surface area contributed by atoms with Crippen molar-refractivity contribution in [2.24, 2.45) is 0 Å². The molecular weight excluding hydrogens is 442 g/mol. The van der Waals surface area contributed by atoms with Gasteiger partial charge in [0.15, 0.2) is 4.96 Å². The van der Waals surface area contributed by atoms with Crippen LogP contribution in [0.5, 0.6) is 0 Å². The number of hydrogen-bond donors (Lipinski definition) is 1. The third kappa shape index (κ3) is 4.58. The molecule has 4 aromatic rings. The highest BCUT2D eigenvalue weighted by molar-refractivity contribution is 7.17. The van der Waals surface area contributed by atoms with Gasteiger partial charge < -0.3 is 10.2 Å². The van der Waals surface area contributed by atoms with E-state index in [1.807, 2.05) is 23.1 Å². The molecule has 0 spiro atoms. The zero-order valence-electron chi connectivity index (χ0n) is 20.3. The molecule has 0 unspecified atom stereocenters. The molecule has 1 fully saturated rings. The second-order valence-corrected chi connectivity index (χ2v) is 10.5. The van der Waals surface area contributed by atoms with Crippen molar-refractivity contribution in [2.45, 2.75) is 34.2 Å². The van der Waals surface area contributed by atoms with E-state index in [2.05, 4.69) is 72.8 Å². The average molecular weight is 474 g/mol. The Morgan fingerprint density at radius 1 is 0.971 bits per heavy atom. The number of urea groups is 1. The number of carbonyl (C=O) groups excluding carboxylic acids is 1. The molecule has 0 atom stereocenters. The Morgan fingerprint density at radius 3 is 2.41 bits per heavy atom. The molecule has 5 rings (SSSR count). The van der Waals surface area contributed by atoms with Gasteiger partial charge in [0.1, 0.15) is 0 Å². The Bertz CT molecular complexity index is 1330. The van der Waals surface area contributed by atoms with Gasteiger partial charge in [-0.05, 0) is 51.0 Å². The number of anilines is 1. The fourth-order valence-corrected chi connectivity index (χ4v) is 5.28. The normalized spacial score (nSPS) is 14.6. The number of aromatic nitrogens is 2. The summed E-state index contributed by atoms with van der Waals surface area (Å²) in [6.07, 6.45) is 2.19. The molecule has 0 saturated carbocycles. The topological polar surface area (TPSA) is 52.9 Å². The van der Waals surface area contributed by atoms with Crippen LogP contribution < -0.4 is 5.32 Å². The Kier molecular flexibility index (Phi) is 6.15. The van der Waals surface area contributed by atoms with E-state index in [1.165, 1.54) is 27.3 Å². The summed E-state index contributed by atoms with van der Waals surface area (Å²) in [5.74, 6) is 0. The summed E-state index contributed by atoms with van der Waals surface area (Å²) in [6, 6.07) is 14.6. The molecule has 7 heteroatoms. The summed E-state index contributed by atoms with van der Waals surface area (Å²) in [5.41, 5.74) is 7.94. The van der Waals surface area contributed by atoms with Gasteiger partial charge in [-0.1, -0.05) is 35.9 Å². The minimum atomic E-state index is -0.0246. The van der Waals surface area contributed by atoms with Gasteiger partial charge in [-0.3, -0.25) is 9.30 Å². The number of aryl methyl sites for hydroxylation is 4. The first-order valence-electron chi connectivity index (χ1n) is 11.8. The van der Waals surface area contributed by atoms with Gasteiger partial charge in [-0.25, -0.2) is 9.78 Å². The number of hydrogen-bond acceptors (Lipinski definition) is 4. The molecule has 2 amide bonds. The highest BCUT2D eigenvalue weighted by Gasteiger charge is 2.24. The van der Waals surface area contributed by atoms with Gasteiger partial charge in [-0.15, -0.1) is 11.3 Å². The van der Waals surface area contributed by atoms with Crippen LogP contribution in [0.2, 0.25) is 0 Å². The van der Waals surface area contributed by atoms with Gasteiger partial charge in [0, 0.05) is 55.0 Å². The zero-order valence-corrected chi connectivity index (χ0v) is 21.1. The van der Waals surface area contributed by atoms with Crippen LogP contribution in [0, 0.1) is 27.7 Å². The lowest BCUT2D eigenvalue weighted by molar-refractivity contribution is 0.142. The van der Waals surface area contributed by atoms with Gasteiger partial charge in [0.05, 0.1) is 11.4 Å². The predicted molar refractivity (Wildman–Crippen MR) is 140 cm³/mol. The van der Waals surface area contributed by atoms with Crippen molar-refractivity contribution in [3.05, 3.63) is 75.9 Å². The van der Waals surface area contributed by atoms with Crippen molar-refractivity contribution in [3.63, 3.8) is 0 Å². The van der Waals surface area contributed by atoms with E-state index in [1.54, 1.807) is 11.3 Å². The first kappa shape index (κ1) is 22.6. The largest absolute Gasteiger partial charge is 0.322 e. The predicted octanol–water partition coefficient (Wildman–Crippen LogP) is 5.65. The molecule has 34 heavy (non-hydrogen) atoms. The zero-order chi connectivity index (χ0) is 23.8. The number of carbonyl (C=O) groups is 1. The molecule has 0 radical (unpaired) electrons. The molecule has 1 saturated heterocycles. The van der Waals surface area contributed by atoms with Gasteiger partial charge in [-0.2, -0.15) is 0 Å². The van der Waals surface area contributed by atoms with Crippen LogP contribution in [0.3, 0.4) is 0 Å². The number of amides is 2. The van der Waals surface area contributed by atoms with E-state index in [9.17, 15) is 4.79 Å². The summed E-state index contributed by atoms with van der Waals surface area (Å²) in [7, 11) is 0. The van der Waals surface area contributed by atoms with Crippen LogP contribution in [-0.4, -0.2) is 51.4 Å². The first-order valence-corrected chi connectivity index (χ1v) is 12.6. The number of benzene rings is 2. The molecule has 176 valence electrons. The summed E-state index contributed by atoms with van der Waals surface area (Å²) in [6.45, 7) is 12.3. The van der Waals surface area contributed by atoms with E-state index >= 15 is 0 Å². The van der Waals surface area contributed by atoms with Crippen molar-refractivity contribution >= 4 is 28.0 Å². The number of imidazole rings is 1. The van der Waals surface area contributed by atoms with Gasteiger partial charge >= 0.3 is 6.03 Å². The van der Waals surface area contributed by atoms with Gasteiger partial charge in [0.2, 0.25) is 0 Å². The van der Waals surface area contributed by atoms with Crippen LogP contribution >= 0.6 is 11.3 Å². The van der Waals surface area contributed by atoms with Crippen LogP contribution in [-0.2, 0) is 6.54 Å². The minimum Gasteiger partial charge on any atom is -0.322 e. The lowest BCUT2D eigenvalue weighted by Gasteiger charge is -2.34. The molecular formula is C27H31N5OS. The second-order valence-electron chi connectivity index (χ2n) is 9.26. The third-order valence-electron chi connectivity index (χ3n) is 6.66. The van der Waals surface area contributed by atoms with Crippen molar-refractivity contribution in [3.8, 4) is 11.3 Å². The number of piperazine rings is 1. The fourth-order valence-electron chi connectivity index (χ4n) is 4.44. The van der Waals surface area contributed by atoms with Crippen molar-refractivity contribution in [1.29, 1.82) is 0 Å². The van der Waals surface area contributed by atoms with E-state index in [4.69, 9.17) is 4.98 Å². The molecule has 0 aliphatic carbocycles. The van der Waals surface area contributed by atoms with Crippen LogP contribution in [0.4, 0.5) is 10.5 Å². The van der Waals surface area contributed by atoms with Gasteiger partial charge in [0.25, 0.3) is 0 Å². The molecule has 2 aromatic heterocycles. The molecule has 1 N–H and O–H groups in total. The summed E-state index contributed by atoms with van der Waals surface area (Å²) in [4.78, 5) is 24.4. The van der Waals surface area contributed by atoms with Crippen LogP contribution in [0.25, 0.3) is 16.2 Å². The quantitative estimate of drug-likeness (QED) is 0.417. The number of nitrogens with zero attached hydrogens (tertiary/aromatic N) is 4. The van der Waals surface area contributed by atoms with E-state index in [0.29, 0.717) is 13.1 Å². The number of fused-ring (bicyclic) bond motifs is 1. The Labute approximate surface area is 204 Å². The molecule has 1 aliphatic rings. The number of rotatable bonds is 4. The monoisotopic (exact) mass is 473 g/mol. The molecule has 3 heterocycles. The van der Waals surface area contributed by atoms with Crippen LogP contribution in [0.15, 0.2) is 48.7 Å². The standard InChI is InChI=1S/C27H31N5OS/c1-18-5-8-22(9-6-18)25-24(32-16-21(4)34-27(32)29-25)17-30-11-13-31(14-12-30)26(33)28-23-10-7-19(2)20(3)15-23/h5-10,15-16H,11-14,17H2,1-4H3,(H,28,33). The van der Waals surface area contributed by atoms with Crippen LogP contribution in [0.1, 0.15) is 27.3 Å². The average Bonchev–Trinajstić information content (AvgIpc) is 3.34. The van der Waals surface area contributed by atoms with Crippen molar-refractivity contribution in [2.75, 3.05) is 31.5 Å². The Balaban J connectivity index is 1.28. The highest BCUT2D eigenvalue weighted by atomic mass is 32.1. The molecule has 0 bridgehead atoms. The maximum Gasteiger partial charge on any atom is 0.321 e. The highest BCUT2D eigenvalue weighted by Crippen LogP contribution is 2.30. The molecule has 2 aromatic carbocycles. The Morgan fingerprint density at radius 2 is 1.71 bits per heavy atom. The smallest absolute Gasteiger partial charge is 0.321 e. The summed E-state index contributed by atoms with van der Waals surface area (Å²) in [5, 5.41) is 3.06. The van der Waals surface area contributed by atoms with E-state index in [0.717, 1.165) is 41.5 Å². The SMILES string of the molecule is Cc1ccc(-c2nc3sc(C)cn3c2CN2CCN(C(=O)Nc3ccc(C)c(C)c3)CC2)cc1. The minimum absolute atomic E-state index is 0.0246. The van der Waals surface area contributed by atoms with Crippen molar-refractivity contribution in [1.82, 2.24) is 19.2 Å². The molecule has 1 aliphatic heterocycles. The summed E-state index contributed by atoms with van der Waals surface area (Å²) < 4.78 is 2.24. The third-order valence-corrected chi connectivity index (χ3v) is 7.55. The first-order chi connectivity index (χ1) is 16.4. The number of thiazole rings is 1. The molecule has 6 nitrogen and oxygen atoms in total.